The quantitative estimate of drug-likeness (QED) is 0.724. The molecule has 1 aliphatic rings. The topological polar surface area (TPSA) is 63.8 Å². The van der Waals surface area contributed by atoms with Crippen molar-refractivity contribution >= 4 is 11.6 Å². The third kappa shape index (κ3) is 2.81. The van der Waals surface area contributed by atoms with E-state index in [-0.39, 0.29) is 0 Å². The van der Waals surface area contributed by atoms with E-state index in [4.69, 9.17) is 5.73 Å². The number of nitrogen functional groups attached to an aromatic ring is 1. The molecule has 82 valence electrons. The van der Waals surface area contributed by atoms with Crippen molar-refractivity contribution in [1.29, 1.82) is 0 Å². The van der Waals surface area contributed by atoms with Gasteiger partial charge in [0, 0.05) is 18.5 Å². The summed E-state index contributed by atoms with van der Waals surface area (Å²) in [7, 11) is 0. The second kappa shape index (κ2) is 4.47. The van der Waals surface area contributed by atoms with Crippen LogP contribution in [0, 0.1) is 0 Å². The fourth-order valence-electron chi connectivity index (χ4n) is 1.49. The lowest BCUT2D eigenvalue weighted by molar-refractivity contribution is 0.826. The highest BCUT2D eigenvalue weighted by atomic mass is 15.1. The Morgan fingerprint density at radius 1 is 1.47 bits per heavy atom. The molecular formula is C11H18N4. The van der Waals surface area contributed by atoms with Gasteiger partial charge in [-0.05, 0) is 19.3 Å². The number of hydrogen-bond donors (Lipinski definition) is 2. The van der Waals surface area contributed by atoms with Crippen LogP contribution in [0.5, 0.6) is 0 Å². The monoisotopic (exact) mass is 206 g/mol. The van der Waals surface area contributed by atoms with Gasteiger partial charge in [-0.1, -0.05) is 13.3 Å². The van der Waals surface area contributed by atoms with Gasteiger partial charge in [-0.25, -0.2) is 9.97 Å². The summed E-state index contributed by atoms with van der Waals surface area (Å²) in [6.07, 6.45) is 4.75. The van der Waals surface area contributed by atoms with Gasteiger partial charge in [-0.3, -0.25) is 0 Å². The van der Waals surface area contributed by atoms with Crippen molar-refractivity contribution < 1.29 is 0 Å². The molecule has 3 N–H and O–H groups in total. The fraction of sp³-hybridized carbons (Fsp3) is 0.636. The molecule has 0 amide bonds. The first-order chi connectivity index (χ1) is 7.29. The third-order valence-corrected chi connectivity index (χ3v) is 2.54. The van der Waals surface area contributed by atoms with Crippen LogP contribution in [0.15, 0.2) is 6.07 Å². The van der Waals surface area contributed by atoms with Crippen LogP contribution in [0.3, 0.4) is 0 Å². The van der Waals surface area contributed by atoms with Crippen LogP contribution >= 0.6 is 0 Å². The van der Waals surface area contributed by atoms with E-state index in [1.54, 1.807) is 0 Å². The maximum Gasteiger partial charge on any atom is 0.136 e. The minimum absolute atomic E-state index is 0.556. The zero-order valence-electron chi connectivity index (χ0n) is 9.16. The summed E-state index contributed by atoms with van der Waals surface area (Å²) in [5.74, 6) is 2.91. The smallest absolute Gasteiger partial charge is 0.136 e. The summed E-state index contributed by atoms with van der Waals surface area (Å²) in [6, 6.07) is 1.81. The minimum atomic E-state index is 0.556. The summed E-state index contributed by atoms with van der Waals surface area (Å²) in [6.45, 7) is 3.13. The lowest BCUT2D eigenvalue weighted by Gasteiger charge is -2.07. The van der Waals surface area contributed by atoms with E-state index in [2.05, 4.69) is 22.2 Å². The van der Waals surface area contributed by atoms with E-state index in [9.17, 15) is 0 Å². The van der Waals surface area contributed by atoms with Crippen LogP contribution < -0.4 is 11.1 Å². The van der Waals surface area contributed by atoms with Gasteiger partial charge in [-0.2, -0.15) is 0 Å². The van der Waals surface area contributed by atoms with Crippen molar-refractivity contribution in [1.82, 2.24) is 9.97 Å². The summed E-state index contributed by atoms with van der Waals surface area (Å²) in [4.78, 5) is 8.72. The van der Waals surface area contributed by atoms with Gasteiger partial charge in [0.05, 0.1) is 0 Å². The number of rotatable bonds is 5. The van der Waals surface area contributed by atoms with E-state index in [1.807, 2.05) is 6.07 Å². The molecule has 4 heteroatoms. The van der Waals surface area contributed by atoms with Gasteiger partial charge in [0.2, 0.25) is 0 Å². The van der Waals surface area contributed by atoms with E-state index in [1.165, 1.54) is 19.3 Å². The molecule has 1 fully saturated rings. The molecule has 0 bridgehead atoms. The molecule has 0 unspecified atom stereocenters. The third-order valence-electron chi connectivity index (χ3n) is 2.54. The second-order valence-electron chi connectivity index (χ2n) is 4.09. The number of unbranched alkanes of at least 4 members (excludes halogenated alkanes) is 1. The summed E-state index contributed by atoms with van der Waals surface area (Å²) >= 11 is 0. The molecule has 1 aliphatic carbocycles. The van der Waals surface area contributed by atoms with Crippen LogP contribution in [-0.2, 0) is 0 Å². The lowest BCUT2D eigenvalue weighted by atomic mass is 10.3. The standard InChI is InChI=1S/C11H18N4/c1-2-3-6-13-10-7-9(12)14-11(15-10)8-4-5-8/h7-8H,2-6H2,1H3,(H3,12,13,14,15). The zero-order valence-corrected chi connectivity index (χ0v) is 9.16. The van der Waals surface area contributed by atoms with Gasteiger partial charge >= 0.3 is 0 Å². The van der Waals surface area contributed by atoms with Crippen LogP contribution in [0.2, 0.25) is 0 Å². The minimum Gasteiger partial charge on any atom is -0.384 e. The molecule has 1 aromatic rings. The molecule has 0 aliphatic heterocycles. The largest absolute Gasteiger partial charge is 0.384 e. The molecular weight excluding hydrogens is 188 g/mol. The molecule has 0 aromatic carbocycles. The first kappa shape index (κ1) is 10.2. The molecule has 1 aromatic heterocycles. The second-order valence-corrected chi connectivity index (χ2v) is 4.09. The molecule has 0 radical (unpaired) electrons. The van der Waals surface area contributed by atoms with Crippen LogP contribution in [0.4, 0.5) is 11.6 Å². The number of nitrogens with one attached hydrogen (secondary N) is 1. The van der Waals surface area contributed by atoms with Crippen LogP contribution in [-0.4, -0.2) is 16.5 Å². The van der Waals surface area contributed by atoms with Crippen molar-refractivity contribution in [3.8, 4) is 0 Å². The van der Waals surface area contributed by atoms with Gasteiger partial charge in [-0.15, -0.1) is 0 Å². The number of nitrogens with two attached hydrogens (primary N) is 1. The van der Waals surface area contributed by atoms with Gasteiger partial charge in [0.15, 0.2) is 0 Å². The normalized spacial score (nSPS) is 15.3. The Balaban J connectivity index is 2.02. The Morgan fingerprint density at radius 2 is 2.27 bits per heavy atom. The lowest BCUT2D eigenvalue weighted by Crippen LogP contribution is -2.07. The first-order valence-corrected chi connectivity index (χ1v) is 5.68. The van der Waals surface area contributed by atoms with Crippen molar-refractivity contribution in [2.45, 2.75) is 38.5 Å². The SMILES string of the molecule is CCCCNc1cc(N)nc(C2CC2)n1. The van der Waals surface area contributed by atoms with Crippen molar-refractivity contribution in [2.24, 2.45) is 0 Å². The highest BCUT2D eigenvalue weighted by molar-refractivity contribution is 5.45. The van der Waals surface area contributed by atoms with Crippen molar-refractivity contribution in [3.05, 3.63) is 11.9 Å². The Morgan fingerprint density at radius 3 is 2.93 bits per heavy atom. The maximum atomic E-state index is 5.74. The number of nitrogens with zero attached hydrogens (tertiary/aromatic N) is 2. The molecule has 0 spiro atoms. The predicted octanol–water partition coefficient (Wildman–Crippen LogP) is 2.15. The number of aromatic nitrogens is 2. The number of anilines is 2. The first-order valence-electron chi connectivity index (χ1n) is 5.68. The van der Waals surface area contributed by atoms with E-state index >= 15 is 0 Å². The zero-order chi connectivity index (χ0) is 10.7. The van der Waals surface area contributed by atoms with E-state index in [0.717, 1.165) is 24.6 Å². The highest BCUT2D eigenvalue weighted by Gasteiger charge is 2.27. The highest BCUT2D eigenvalue weighted by Crippen LogP contribution is 2.38. The molecule has 1 heterocycles. The van der Waals surface area contributed by atoms with Gasteiger partial charge < -0.3 is 11.1 Å². The molecule has 1 saturated carbocycles. The Kier molecular flexibility index (Phi) is 3.04. The Labute approximate surface area is 90.3 Å². The molecule has 2 rings (SSSR count). The van der Waals surface area contributed by atoms with E-state index < -0.39 is 0 Å². The summed E-state index contributed by atoms with van der Waals surface area (Å²) in [5.41, 5.74) is 5.74. The van der Waals surface area contributed by atoms with E-state index in [0.29, 0.717) is 11.7 Å². The Hall–Kier alpha value is -1.32. The van der Waals surface area contributed by atoms with Crippen LogP contribution in [0.1, 0.15) is 44.3 Å². The van der Waals surface area contributed by atoms with Crippen molar-refractivity contribution in [3.63, 3.8) is 0 Å². The Bertz CT molecular complexity index is 333. The van der Waals surface area contributed by atoms with Crippen LogP contribution in [0.25, 0.3) is 0 Å². The molecule has 4 nitrogen and oxygen atoms in total. The average Bonchev–Trinajstić information content (AvgIpc) is 3.00. The summed E-state index contributed by atoms with van der Waals surface area (Å²) < 4.78 is 0. The van der Waals surface area contributed by atoms with Gasteiger partial charge in [0.25, 0.3) is 0 Å². The average molecular weight is 206 g/mol. The molecule has 0 atom stereocenters. The molecule has 15 heavy (non-hydrogen) atoms. The summed E-state index contributed by atoms with van der Waals surface area (Å²) in [5, 5.41) is 3.28. The van der Waals surface area contributed by atoms with Gasteiger partial charge in [0.1, 0.15) is 17.5 Å². The maximum absolute atomic E-state index is 5.74. The predicted molar refractivity (Wildman–Crippen MR) is 61.8 cm³/mol. The number of hydrogen-bond acceptors (Lipinski definition) is 4. The molecule has 0 saturated heterocycles. The fourth-order valence-corrected chi connectivity index (χ4v) is 1.49. The van der Waals surface area contributed by atoms with Crippen molar-refractivity contribution in [2.75, 3.05) is 17.6 Å².